The van der Waals surface area contributed by atoms with Crippen LogP contribution in [0.1, 0.15) is 23.7 Å². The number of hydrogen-bond acceptors (Lipinski definition) is 3. The fourth-order valence-corrected chi connectivity index (χ4v) is 2.11. The lowest BCUT2D eigenvalue weighted by Crippen LogP contribution is -2.17. The van der Waals surface area contributed by atoms with E-state index in [0.29, 0.717) is 5.92 Å². The number of nitrogens with zero attached hydrogens (tertiary/aromatic N) is 2. The Hall–Kier alpha value is -1.58. The third-order valence-corrected chi connectivity index (χ3v) is 2.97. The first-order chi connectivity index (χ1) is 7.72. The van der Waals surface area contributed by atoms with Crippen LogP contribution in [-0.4, -0.2) is 36.5 Å². The molecule has 16 heavy (non-hydrogen) atoms. The number of pyridine rings is 1. The molecule has 1 aliphatic rings. The first-order valence-electron chi connectivity index (χ1n) is 5.45. The highest BCUT2D eigenvalue weighted by molar-refractivity contribution is 5.48. The lowest BCUT2D eigenvalue weighted by atomic mass is 10.0. The highest BCUT2D eigenvalue weighted by atomic mass is 16.5. The number of aryl methyl sites for hydroxylation is 1. The van der Waals surface area contributed by atoms with Gasteiger partial charge in [-0.1, -0.05) is 0 Å². The predicted octanol–water partition coefficient (Wildman–Crippen LogP) is 1.34. The van der Waals surface area contributed by atoms with Crippen LogP contribution in [0.15, 0.2) is 12.1 Å². The Kier molecular flexibility index (Phi) is 3.08. The van der Waals surface area contributed by atoms with Crippen LogP contribution in [0.5, 0.6) is 5.75 Å². The van der Waals surface area contributed by atoms with Gasteiger partial charge in [0.2, 0.25) is 6.41 Å². The van der Waals surface area contributed by atoms with Crippen LogP contribution in [0.4, 0.5) is 0 Å². The lowest BCUT2D eigenvalue weighted by molar-refractivity contribution is -0.117. The summed E-state index contributed by atoms with van der Waals surface area (Å²) in [4.78, 5) is 17.0. The van der Waals surface area contributed by atoms with E-state index in [9.17, 15) is 4.79 Å². The molecule has 1 unspecified atom stereocenters. The van der Waals surface area contributed by atoms with Gasteiger partial charge in [0.25, 0.3) is 0 Å². The normalized spacial score (nSPS) is 19.9. The summed E-state index contributed by atoms with van der Waals surface area (Å²) in [5.74, 6) is 1.19. The van der Waals surface area contributed by atoms with Gasteiger partial charge in [0.05, 0.1) is 7.11 Å². The average molecular weight is 220 g/mol. The van der Waals surface area contributed by atoms with Crippen LogP contribution in [0.2, 0.25) is 0 Å². The zero-order chi connectivity index (χ0) is 11.5. The largest absolute Gasteiger partial charge is 0.497 e. The van der Waals surface area contributed by atoms with Crippen molar-refractivity contribution in [3.05, 3.63) is 23.5 Å². The van der Waals surface area contributed by atoms with Crippen molar-refractivity contribution in [2.75, 3.05) is 20.2 Å². The Morgan fingerprint density at radius 2 is 2.38 bits per heavy atom. The predicted molar refractivity (Wildman–Crippen MR) is 60.5 cm³/mol. The van der Waals surface area contributed by atoms with E-state index in [-0.39, 0.29) is 0 Å². The van der Waals surface area contributed by atoms with Gasteiger partial charge in [-0.3, -0.25) is 9.78 Å². The van der Waals surface area contributed by atoms with E-state index in [1.807, 2.05) is 19.1 Å². The molecule has 1 atom stereocenters. The second kappa shape index (κ2) is 4.51. The average Bonchev–Trinajstić information content (AvgIpc) is 2.76. The summed E-state index contributed by atoms with van der Waals surface area (Å²) in [6.07, 6.45) is 1.89. The molecule has 2 rings (SSSR count). The number of carbonyl (C=O) groups excluding carboxylic acids is 1. The third kappa shape index (κ3) is 2.15. The smallest absolute Gasteiger partial charge is 0.209 e. The van der Waals surface area contributed by atoms with E-state index in [1.54, 1.807) is 12.0 Å². The zero-order valence-electron chi connectivity index (χ0n) is 9.64. The molecule has 86 valence electrons. The summed E-state index contributed by atoms with van der Waals surface area (Å²) in [6.45, 7) is 3.55. The number of aromatic nitrogens is 1. The Morgan fingerprint density at radius 1 is 1.56 bits per heavy atom. The Balaban J connectivity index is 2.20. The van der Waals surface area contributed by atoms with E-state index in [2.05, 4.69) is 4.98 Å². The molecule has 1 saturated heterocycles. The second-order valence-electron chi connectivity index (χ2n) is 4.16. The molecular weight excluding hydrogens is 204 g/mol. The summed E-state index contributed by atoms with van der Waals surface area (Å²) < 4.78 is 5.23. The molecule has 4 heteroatoms. The molecule has 0 bridgehead atoms. The minimum atomic E-state index is 0.346. The fourth-order valence-electron chi connectivity index (χ4n) is 2.11. The van der Waals surface area contributed by atoms with E-state index in [0.717, 1.165) is 43.1 Å². The summed E-state index contributed by atoms with van der Waals surface area (Å²) >= 11 is 0. The minimum absolute atomic E-state index is 0.346. The number of rotatable bonds is 3. The molecular formula is C12H16N2O2. The molecule has 1 aliphatic heterocycles. The molecule has 0 spiro atoms. The Morgan fingerprint density at radius 3 is 3.00 bits per heavy atom. The van der Waals surface area contributed by atoms with Gasteiger partial charge in [0.1, 0.15) is 5.75 Å². The number of ether oxygens (including phenoxy) is 1. The van der Waals surface area contributed by atoms with Crippen molar-refractivity contribution in [1.82, 2.24) is 9.88 Å². The van der Waals surface area contributed by atoms with Crippen LogP contribution >= 0.6 is 0 Å². The highest BCUT2D eigenvalue weighted by Gasteiger charge is 2.24. The van der Waals surface area contributed by atoms with Crippen LogP contribution in [-0.2, 0) is 4.79 Å². The van der Waals surface area contributed by atoms with Crippen LogP contribution in [0.3, 0.4) is 0 Å². The van der Waals surface area contributed by atoms with Gasteiger partial charge < -0.3 is 9.64 Å². The van der Waals surface area contributed by atoms with E-state index in [4.69, 9.17) is 4.74 Å². The van der Waals surface area contributed by atoms with Crippen molar-refractivity contribution in [3.8, 4) is 5.75 Å². The number of methoxy groups -OCH3 is 1. The number of likely N-dealkylation sites (tertiary alicyclic amines) is 1. The molecule has 1 aromatic heterocycles. The molecule has 0 N–H and O–H groups in total. The van der Waals surface area contributed by atoms with E-state index >= 15 is 0 Å². The minimum Gasteiger partial charge on any atom is -0.497 e. The molecule has 0 saturated carbocycles. The lowest BCUT2D eigenvalue weighted by Gasteiger charge is -2.12. The summed E-state index contributed by atoms with van der Waals surface area (Å²) in [7, 11) is 1.66. The second-order valence-corrected chi connectivity index (χ2v) is 4.16. The number of amides is 1. The van der Waals surface area contributed by atoms with Gasteiger partial charge in [-0.15, -0.1) is 0 Å². The molecule has 1 fully saturated rings. The van der Waals surface area contributed by atoms with Gasteiger partial charge in [-0.2, -0.15) is 0 Å². The fraction of sp³-hybridized carbons (Fsp3) is 0.500. The van der Waals surface area contributed by atoms with Gasteiger partial charge in [-0.05, 0) is 13.3 Å². The van der Waals surface area contributed by atoms with Crippen LogP contribution < -0.4 is 4.74 Å². The van der Waals surface area contributed by atoms with Crippen molar-refractivity contribution in [3.63, 3.8) is 0 Å². The van der Waals surface area contributed by atoms with Gasteiger partial charge in [0.15, 0.2) is 0 Å². The maximum absolute atomic E-state index is 10.7. The Bertz CT molecular complexity index is 393. The van der Waals surface area contributed by atoms with Crippen molar-refractivity contribution in [2.45, 2.75) is 19.3 Å². The van der Waals surface area contributed by atoms with Gasteiger partial charge in [-0.25, -0.2) is 0 Å². The first kappa shape index (κ1) is 10.9. The molecule has 0 radical (unpaired) electrons. The monoisotopic (exact) mass is 220 g/mol. The van der Waals surface area contributed by atoms with Crippen molar-refractivity contribution < 1.29 is 9.53 Å². The summed E-state index contributed by atoms with van der Waals surface area (Å²) in [6, 6.07) is 3.88. The van der Waals surface area contributed by atoms with Crippen molar-refractivity contribution in [2.24, 2.45) is 0 Å². The zero-order valence-corrected chi connectivity index (χ0v) is 9.64. The van der Waals surface area contributed by atoms with Crippen molar-refractivity contribution >= 4 is 6.41 Å². The topological polar surface area (TPSA) is 42.4 Å². The summed E-state index contributed by atoms with van der Waals surface area (Å²) in [5.41, 5.74) is 1.99. The summed E-state index contributed by atoms with van der Waals surface area (Å²) in [5, 5.41) is 0. The van der Waals surface area contributed by atoms with Crippen LogP contribution in [0, 0.1) is 6.92 Å². The molecule has 1 aromatic rings. The SMILES string of the molecule is COc1cc(C)nc(C2CCN(C=O)C2)c1. The first-order valence-corrected chi connectivity index (χ1v) is 5.45. The van der Waals surface area contributed by atoms with Crippen molar-refractivity contribution in [1.29, 1.82) is 0 Å². The third-order valence-electron chi connectivity index (χ3n) is 2.97. The molecule has 0 aliphatic carbocycles. The standard InChI is InChI=1S/C12H16N2O2/c1-9-5-11(16-2)6-12(13-9)10-3-4-14(7-10)8-15/h5-6,8,10H,3-4,7H2,1-2H3. The Labute approximate surface area is 95.2 Å². The van der Waals surface area contributed by atoms with Gasteiger partial charge >= 0.3 is 0 Å². The molecule has 1 amide bonds. The molecule has 2 heterocycles. The highest BCUT2D eigenvalue weighted by Crippen LogP contribution is 2.27. The maximum atomic E-state index is 10.7. The maximum Gasteiger partial charge on any atom is 0.209 e. The molecule has 0 aromatic carbocycles. The van der Waals surface area contributed by atoms with Crippen LogP contribution in [0.25, 0.3) is 0 Å². The van der Waals surface area contributed by atoms with Gasteiger partial charge in [0, 0.05) is 42.5 Å². The number of carbonyl (C=O) groups is 1. The van der Waals surface area contributed by atoms with E-state index in [1.165, 1.54) is 0 Å². The number of hydrogen-bond donors (Lipinski definition) is 0. The molecule has 4 nitrogen and oxygen atoms in total. The van der Waals surface area contributed by atoms with E-state index < -0.39 is 0 Å². The quantitative estimate of drug-likeness (QED) is 0.722.